The fraction of sp³-hybridized carbons (Fsp3) is 0.174. The topological polar surface area (TPSA) is 103 Å². The largest absolute Gasteiger partial charge is 0.463 e. The molecule has 2 aromatic carbocycles. The molecule has 0 unspecified atom stereocenters. The second-order valence-corrected chi connectivity index (χ2v) is 7.47. The summed E-state index contributed by atoms with van der Waals surface area (Å²) in [4.78, 5) is 22.7. The molecule has 31 heavy (non-hydrogen) atoms. The highest BCUT2D eigenvalue weighted by Gasteiger charge is 2.19. The third-order valence-corrected chi connectivity index (χ3v) is 5.20. The predicted octanol–water partition coefficient (Wildman–Crippen LogP) is 5.69. The van der Waals surface area contributed by atoms with E-state index >= 15 is 0 Å². The number of furan rings is 2. The standard InChI is InChI=1S/C12H9NO3.C11H9BrO3/c1-7-9-5-8(6-13)3-4-10(9)16-11(7)12(14)15-2;1-6-8-5-7(12)3-4-9(8)15-10(6)11(13)14-2/h3-5H,1-2H3;3-5H,1-2H3. The molecular weight excluding hydrogens is 466 g/mol. The van der Waals surface area contributed by atoms with Crippen molar-refractivity contribution in [2.24, 2.45) is 0 Å². The van der Waals surface area contributed by atoms with Crippen LogP contribution in [0.2, 0.25) is 0 Å². The molecule has 0 aliphatic rings. The lowest BCUT2D eigenvalue weighted by molar-refractivity contribution is 0.0558. The quantitative estimate of drug-likeness (QED) is 0.337. The van der Waals surface area contributed by atoms with Gasteiger partial charge in [-0.1, -0.05) is 15.9 Å². The summed E-state index contributed by atoms with van der Waals surface area (Å²) in [5.41, 5.74) is 3.30. The van der Waals surface area contributed by atoms with E-state index in [1.54, 1.807) is 25.1 Å². The van der Waals surface area contributed by atoms with Crippen LogP contribution in [0.4, 0.5) is 0 Å². The molecule has 0 atom stereocenters. The molecule has 0 N–H and O–H groups in total. The van der Waals surface area contributed by atoms with Crippen LogP contribution in [-0.4, -0.2) is 26.2 Å². The summed E-state index contributed by atoms with van der Waals surface area (Å²) < 4.78 is 21.0. The van der Waals surface area contributed by atoms with Crippen LogP contribution in [0, 0.1) is 25.2 Å². The molecule has 0 aliphatic carbocycles. The van der Waals surface area contributed by atoms with Gasteiger partial charge in [-0.2, -0.15) is 5.26 Å². The van der Waals surface area contributed by atoms with Crippen molar-refractivity contribution in [1.29, 1.82) is 5.26 Å². The second-order valence-electron chi connectivity index (χ2n) is 6.56. The molecule has 0 spiro atoms. The molecule has 0 saturated carbocycles. The lowest BCUT2D eigenvalue weighted by Gasteiger charge is -1.94. The molecule has 0 radical (unpaired) electrons. The lowest BCUT2D eigenvalue weighted by Crippen LogP contribution is -2.00. The molecule has 8 heteroatoms. The molecule has 0 saturated heterocycles. The third kappa shape index (κ3) is 4.32. The number of fused-ring (bicyclic) bond motifs is 2. The number of hydrogen-bond donors (Lipinski definition) is 0. The van der Waals surface area contributed by atoms with Gasteiger partial charge < -0.3 is 18.3 Å². The summed E-state index contributed by atoms with van der Waals surface area (Å²) in [6, 6.07) is 12.7. The van der Waals surface area contributed by atoms with Gasteiger partial charge in [0.05, 0.1) is 25.9 Å². The number of carbonyl (C=O) groups excluding carboxylic acids is 2. The molecular formula is C23H18BrNO6. The van der Waals surface area contributed by atoms with Crippen molar-refractivity contribution >= 4 is 49.8 Å². The minimum absolute atomic E-state index is 0.188. The van der Waals surface area contributed by atoms with Gasteiger partial charge in [-0.05, 0) is 50.2 Å². The third-order valence-electron chi connectivity index (χ3n) is 4.71. The second kappa shape index (κ2) is 9.06. The summed E-state index contributed by atoms with van der Waals surface area (Å²) >= 11 is 3.37. The fourth-order valence-corrected chi connectivity index (χ4v) is 3.42. The molecule has 7 nitrogen and oxygen atoms in total. The van der Waals surface area contributed by atoms with Gasteiger partial charge in [0.1, 0.15) is 11.2 Å². The van der Waals surface area contributed by atoms with Crippen molar-refractivity contribution in [3.63, 3.8) is 0 Å². The molecule has 2 heterocycles. The van der Waals surface area contributed by atoms with Gasteiger partial charge in [0.25, 0.3) is 0 Å². The maximum absolute atomic E-state index is 11.4. The van der Waals surface area contributed by atoms with Gasteiger partial charge in [0.15, 0.2) is 0 Å². The molecule has 4 aromatic rings. The number of aryl methyl sites for hydroxylation is 2. The summed E-state index contributed by atoms with van der Waals surface area (Å²) in [7, 11) is 2.64. The van der Waals surface area contributed by atoms with Gasteiger partial charge in [0, 0.05) is 26.4 Å². The Bertz CT molecular complexity index is 1340. The van der Waals surface area contributed by atoms with Crippen LogP contribution in [0.15, 0.2) is 49.7 Å². The smallest absolute Gasteiger partial charge is 0.374 e. The zero-order valence-electron chi connectivity index (χ0n) is 17.2. The molecule has 0 bridgehead atoms. The van der Waals surface area contributed by atoms with Gasteiger partial charge in [-0.15, -0.1) is 0 Å². The van der Waals surface area contributed by atoms with Crippen LogP contribution in [0.1, 0.15) is 37.8 Å². The van der Waals surface area contributed by atoms with Gasteiger partial charge in [-0.3, -0.25) is 0 Å². The van der Waals surface area contributed by atoms with Crippen molar-refractivity contribution in [2.45, 2.75) is 13.8 Å². The Kier molecular flexibility index (Phi) is 6.47. The van der Waals surface area contributed by atoms with Crippen LogP contribution >= 0.6 is 15.9 Å². The summed E-state index contributed by atoms with van der Waals surface area (Å²) in [6.45, 7) is 3.60. The molecule has 0 aliphatic heterocycles. The first-order chi connectivity index (χ1) is 14.8. The van der Waals surface area contributed by atoms with Crippen LogP contribution in [-0.2, 0) is 9.47 Å². The maximum Gasteiger partial charge on any atom is 0.374 e. The number of nitrogens with zero attached hydrogens (tertiary/aromatic N) is 1. The molecule has 158 valence electrons. The number of esters is 2. The van der Waals surface area contributed by atoms with E-state index in [1.807, 2.05) is 31.2 Å². The first-order valence-electron chi connectivity index (χ1n) is 9.09. The van der Waals surface area contributed by atoms with E-state index in [0.717, 1.165) is 20.8 Å². The number of rotatable bonds is 2. The van der Waals surface area contributed by atoms with Crippen LogP contribution in [0.3, 0.4) is 0 Å². The predicted molar refractivity (Wildman–Crippen MR) is 117 cm³/mol. The van der Waals surface area contributed by atoms with E-state index in [0.29, 0.717) is 22.3 Å². The number of halogens is 1. The maximum atomic E-state index is 11.4. The summed E-state index contributed by atoms with van der Waals surface area (Å²) in [6.07, 6.45) is 0. The van der Waals surface area contributed by atoms with Gasteiger partial charge in [-0.25, -0.2) is 9.59 Å². The fourth-order valence-electron chi connectivity index (χ4n) is 3.06. The highest BCUT2D eigenvalue weighted by Crippen LogP contribution is 2.28. The zero-order chi connectivity index (χ0) is 22.7. The van der Waals surface area contributed by atoms with Crippen LogP contribution in [0.5, 0.6) is 0 Å². The van der Waals surface area contributed by atoms with Gasteiger partial charge in [0.2, 0.25) is 11.5 Å². The average Bonchev–Trinajstić information content (AvgIpc) is 3.29. The number of nitriles is 1. The molecule has 2 aromatic heterocycles. The lowest BCUT2D eigenvalue weighted by atomic mass is 10.1. The van der Waals surface area contributed by atoms with Crippen molar-refractivity contribution in [3.8, 4) is 6.07 Å². The molecule has 4 rings (SSSR count). The van der Waals surface area contributed by atoms with Crippen molar-refractivity contribution in [1.82, 2.24) is 0 Å². The van der Waals surface area contributed by atoms with Crippen LogP contribution < -0.4 is 0 Å². The minimum Gasteiger partial charge on any atom is -0.463 e. The Morgan fingerprint density at radius 2 is 1.35 bits per heavy atom. The van der Waals surface area contributed by atoms with E-state index in [-0.39, 0.29) is 11.5 Å². The van der Waals surface area contributed by atoms with Crippen molar-refractivity contribution in [3.05, 3.63) is 69.1 Å². The highest BCUT2D eigenvalue weighted by molar-refractivity contribution is 9.10. The Labute approximate surface area is 186 Å². The zero-order valence-corrected chi connectivity index (χ0v) is 18.8. The average molecular weight is 484 g/mol. The monoisotopic (exact) mass is 483 g/mol. The Balaban J connectivity index is 0.000000176. The van der Waals surface area contributed by atoms with Crippen molar-refractivity contribution in [2.75, 3.05) is 14.2 Å². The minimum atomic E-state index is -0.507. The molecule has 0 fully saturated rings. The Morgan fingerprint density at radius 1 is 0.871 bits per heavy atom. The van der Waals surface area contributed by atoms with Gasteiger partial charge >= 0.3 is 11.9 Å². The SMILES string of the molecule is COC(=O)c1oc2ccc(Br)cc2c1C.COC(=O)c1oc2ccc(C#N)cc2c1C. The number of benzene rings is 2. The normalized spacial score (nSPS) is 10.3. The van der Waals surface area contributed by atoms with E-state index in [2.05, 4.69) is 25.4 Å². The number of ether oxygens (including phenoxy) is 2. The number of carbonyl (C=O) groups is 2. The van der Waals surface area contributed by atoms with Crippen LogP contribution in [0.25, 0.3) is 21.9 Å². The Hall–Kier alpha value is -3.57. The summed E-state index contributed by atoms with van der Waals surface area (Å²) in [5.74, 6) is -0.495. The first-order valence-corrected chi connectivity index (χ1v) is 9.88. The first kappa shape index (κ1) is 22.1. The number of methoxy groups -OCH3 is 2. The highest BCUT2D eigenvalue weighted by atomic mass is 79.9. The summed E-state index contributed by atoms with van der Waals surface area (Å²) in [5, 5.41) is 10.5. The Morgan fingerprint density at radius 3 is 1.84 bits per heavy atom. The molecule has 0 amide bonds. The van der Waals surface area contributed by atoms with E-state index in [1.165, 1.54) is 14.2 Å². The van der Waals surface area contributed by atoms with E-state index < -0.39 is 11.9 Å². The van der Waals surface area contributed by atoms with E-state index in [9.17, 15) is 9.59 Å². The van der Waals surface area contributed by atoms with E-state index in [4.69, 9.17) is 14.1 Å². The number of hydrogen-bond acceptors (Lipinski definition) is 7. The van der Waals surface area contributed by atoms with Crippen molar-refractivity contribution < 1.29 is 27.9 Å².